The third-order valence-electron chi connectivity index (χ3n) is 4.77. The third kappa shape index (κ3) is 8.41. The van der Waals surface area contributed by atoms with Crippen LogP contribution in [0.25, 0.3) is 0 Å². The van der Waals surface area contributed by atoms with Crippen molar-refractivity contribution in [1.29, 1.82) is 0 Å². The molecule has 0 unspecified atom stereocenters. The Labute approximate surface area is 168 Å². The number of rotatable bonds is 14. The molecule has 0 aromatic carbocycles. The van der Waals surface area contributed by atoms with E-state index < -0.39 is 68.2 Å². The summed E-state index contributed by atoms with van der Waals surface area (Å²) in [5.41, 5.74) is 0. The van der Waals surface area contributed by atoms with Gasteiger partial charge in [0.25, 0.3) is 0 Å². The lowest BCUT2D eigenvalue weighted by atomic mass is 9.84. The highest BCUT2D eigenvalue weighted by atomic mass is 16.4. The van der Waals surface area contributed by atoms with Crippen molar-refractivity contribution < 1.29 is 42.0 Å². The molecular formula is C20H34O6. The molecule has 3 N–H and O–H groups in total. The molecule has 0 aromatic heterocycles. The first kappa shape index (κ1) is 12.2. The number of carboxylic acid groups (broad SMARTS) is 1. The van der Waals surface area contributed by atoms with Crippen molar-refractivity contribution >= 4 is 17.5 Å². The van der Waals surface area contributed by atoms with Crippen molar-refractivity contribution in [3.05, 3.63) is 0 Å². The fourth-order valence-electron chi connectivity index (χ4n) is 3.43. The van der Waals surface area contributed by atoms with Gasteiger partial charge in [0.1, 0.15) is 11.6 Å². The van der Waals surface area contributed by atoms with Gasteiger partial charge in [0, 0.05) is 44.4 Å². The number of ketones is 2. The molecule has 0 aromatic rings. The molecule has 0 saturated heterocycles. The predicted molar refractivity (Wildman–Crippen MR) is 97.7 cm³/mol. The van der Waals surface area contributed by atoms with Crippen LogP contribution in [-0.4, -0.2) is 45.1 Å². The number of hydrogen-bond donors (Lipinski definition) is 3. The molecule has 0 amide bonds. The summed E-state index contributed by atoms with van der Waals surface area (Å²) in [4.78, 5) is 35.3. The van der Waals surface area contributed by atoms with Crippen LogP contribution in [0, 0.1) is 11.8 Å². The van der Waals surface area contributed by atoms with E-state index in [0.29, 0.717) is 12.8 Å². The second kappa shape index (κ2) is 12.2. The molecule has 6 nitrogen and oxygen atoms in total. The van der Waals surface area contributed by atoms with Gasteiger partial charge in [-0.3, -0.25) is 14.4 Å². The van der Waals surface area contributed by atoms with E-state index in [1.165, 1.54) is 0 Å². The Hall–Kier alpha value is -1.27. The van der Waals surface area contributed by atoms with E-state index in [2.05, 4.69) is 0 Å². The van der Waals surface area contributed by atoms with Crippen LogP contribution in [0.2, 0.25) is 0 Å². The summed E-state index contributed by atoms with van der Waals surface area (Å²) >= 11 is 0. The highest BCUT2D eigenvalue weighted by Crippen LogP contribution is 2.38. The number of unbranched alkanes of at least 4 members (excludes halogenated alkanes) is 1. The second-order valence-corrected chi connectivity index (χ2v) is 6.72. The van der Waals surface area contributed by atoms with Crippen LogP contribution in [0.15, 0.2) is 0 Å². The Kier molecular flexibility index (Phi) is 5.73. The highest BCUT2D eigenvalue weighted by Gasteiger charge is 2.42. The Morgan fingerprint density at radius 2 is 1.65 bits per heavy atom. The number of carboxylic acids is 1. The number of hydrogen-bond acceptors (Lipinski definition) is 5. The van der Waals surface area contributed by atoms with E-state index in [1.807, 2.05) is 0 Å². The van der Waals surface area contributed by atoms with Crippen LogP contribution in [0.3, 0.4) is 0 Å². The maximum atomic E-state index is 12.5. The lowest BCUT2D eigenvalue weighted by Gasteiger charge is -2.22. The molecule has 1 aliphatic carbocycles. The lowest BCUT2D eigenvalue weighted by molar-refractivity contribution is -0.137. The maximum Gasteiger partial charge on any atom is 0.303 e. The van der Waals surface area contributed by atoms with E-state index in [1.54, 1.807) is 0 Å². The summed E-state index contributed by atoms with van der Waals surface area (Å²) < 4.78 is 68.2. The molecule has 0 spiro atoms. The van der Waals surface area contributed by atoms with Crippen LogP contribution in [0.5, 0.6) is 0 Å². The fraction of sp³-hybridized carbons (Fsp3) is 0.850. The first-order valence-corrected chi connectivity index (χ1v) is 8.86. The Morgan fingerprint density at radius 3 is 2.35 bits per heavy atom. The molecule has 1 saturated carbocycles. The smallest absolute Gasteiger partial charge is 0.303 e. The van der Waals surface area contributed by atoms with Gasteiger partial charge in [-0.15, -0.1) is 0 Å². The summed E-state index contributed by atoms with van der Waals surface area (Å²) in [6.07, 6.45) is -13.1. The van der Waals surface area contributed by atoms with Gasteiger partial charge in [-0.05, 0) is 43.9 Å². The molecule has 4 atom stereocenters. The second-order valence-electron chi connectivity index (χ2n) is 6.72. The minimum Gasteiger partial charge on any atom is -0.481 e. The molecule has 26 heavy (non-hydrogen) atoms. The molecule has 1 fully saturated rings. The fourth-order valence-corrected chi connectivity index (χ4v) is 3.43. The molecular weight excluding hydrogens is 336 g/mol. The van der Waals surface area contributed by atoms with Crippen molar-refractivity contribution in [3.63, 3.8) is 0 Å². The van der Waals surface area contributed by atoms with Crippen LogP contribution in [0.4, 0.5) is 0 Å². The Balaban J connectivity index is 2.75. The number of carbonyl (C=O) groups excluding carboxylic acids is 2. The van der Waals surface area contributed by atoms with Crippen molar-refractivity contribution in [3.8, 4) is 0 Å². The average Bonchev–Trinajstić information content (AvgIpc) is 2.94. The Morgan fingerprint density at radius 1 is 0.962 bits per heavy atom. The summed E-state index contributed by atoms with van der Waals surface area (Å²) in [5, 5.41) is 29.2. The van der Waals surface area contributed by atoms with Crippen LogP contribution in [-0.2, 0) is 14.4 Å². The normalized spacial score (nSPS) is 32.6. The summed E-state index contributed by atoms with van der Waals surface area (Å²) in [6.45, 7) is -3.47. The van der Waals surface area contributed by atoms with Crippen molar-refractivity contribution in [2.45, 2.75) is 96.0 Å². The SMILES string of the molecule is [2H]C([2H])([2H])C([2H])([2H])C([2H])([2H])C([2H])([2H])CC(=O)CC[C@@H]1[C@@H](CC(=O)CCCCC(=O)O)[C@@H](O)C[C@H]1O. The van der Waals surface area contributed by atoms with Gasteiger partial charge in [-0.25, -0.2) is 0 Å². The zero-order valence-corrected chi connectivity index (χ0v) is 14.7. The molecule has 0 aliphatic heterocycles. The van der Waals surface area contributed by atoms with Gasteiger partial charge in [0.05, 0.1) is 12.2 Å². The quantitative estimate of drug-likeness (QED) is 0.400. The van der Waals surface area contributed by atoms with E-state index in [0.717, 1.165) is 0 Å². The average molecular weight is 380 g/mol. The van der Waals surface area contributed by atoms with E-state index in [-0.39, 0.29) is 44.3 Å². The van der Waals surface area contributed by atoms with Crippen molar-refractivity contribution in [2.75, 3.05) is 0 Å². The molecule has 0 radical (unpaired) electrons. The summed E-state index contributed by atoms with van der Waals surface area (Å²) in [5.74, 6) is -3.32. The van der Waals surface area contributed by atoms with Crippen LogP contribution >= 0.6 is 0 Å². The van der Waals surface area contributed by atoms with E-state index in [9.17, 15) is 24.6 Å². The lowest BCUT2D eigenvalue weighted by Crippen LogP contribution is -2.25. The van der Waals surface area contributed by atoms with Crippen LogP contribution < -0.4 is 0 Å². The monoisotopic (exact) mass is 379 g/mol. The van der Waals surface area contributed by atoms with E-state index in [4.69, 9.17) is 17.4 Å². The standard InChI is InChI=1S/C20H34O6/c1-2-3-4-7-14(21)10-11-16-17(19(24)13-18(16)23)12-15(22)8-5-6-9-20(25)26/h16-19,23-24H,2-13H2,1H3,(H,25,26)/t16-,17-,18-,19+/m1/s1/i1D3,2D2,3D2,4D2. The minimum absolute atomic E-state index is 0.0159. The van der Waals surface area contributed by atoms with Crippen LogP contribution in [0.1, 0.15) is 96.1 Å². The maximum absolute atomic E-state index is 12.5. The van der Waals surface area contributed by atoms with Gasteiger partial charge >= 0.3 is 5.97 Å². The van der Waals surface area contributed by atoms with Crippen molar-refractivity contribution in [1.82, 2.24) is 0 Å². The number of aliphatic hydroxyl groups is 2. The molecule has 150 valence electrons. The van der Waals surface area contributed by atoms with Gasteiger partial charge in [-0.2, -0.15) is 0 Å². The molecule has 0 heterocycles. The van der Waals surface area contributed by atoms with Gasteiger partial charge in [0.15, 0.2) is 0 Å². The summed E-state index contributed by atoms with van der Waals surface area (Å²) in [6, 6.07) is 0. The molecule has 6 heteroatoms. The number of aliphatic hydroxyl groups excluding tert-OH is 2. The molecule has 1 aliphatic rings. The highest BCUT2D eigenvalue weighted by molar-refractivity contribution is 5.79. The van der Waals surface area contributed by atoms with Crippen molar-refractivity contribution in [2.24, 2.45) is 11.8 Å². The minimum atomic E-state index is -3.56. The van der Waals surface area contributed by atoms with E-state index >= 15 is 0 Å². The first-order valence-electron chi connectivity index (χ1n) is 13.4. The zero-order valence-electron chi connectivity index (χ0n) is 23.7. The molecule has 1 rings (SSSR count). The summed E-state index contributed by atoms with van der Waals surface area (Å²) in [7, 11) is 0. The van der Waals surface area contributed by atoms with Gasteiger partial charge in [0.2, 0.25) is 0 Å². The van der Waals surface area contributed by atoms with Gasteiger partial charge in [-0.1, -0.05) is 19.6 Å². The first-order chi connectivity index (χ1) is 15.7. The number of aliphatic carboxylic acids is 1. The third-order valence-corrected chi connectivity index (χ3v) is 4.77. The number of Topliss-reactive ketones (excluding diaryl/α,β-unsaturated/α-hetero) is 2. The zero-order chi connectivity index (χ0) is 27.4. The topological polar surface area (TPSA) is 112 Å². The van der Waals surface area contributed by atoms with Gasteiger partial charge < -0.3 is 15.3 Å². The number of carbonyl (C=O) groups is 3. The predicted octanol–water partition coefficient (Wildman–Crippen LogP) is 2.88. The molecule has 0 bridgehead atoms. The Bertz CT molecular complexity index is 769. The largest absolute Gasteiger partial charge is 0.481 e.